The summed E-state index contributed by atoms with van der Waals surface area (Å²) in [7, 11) is 0. The van der Waals surface area contributed by atoms with E-state index in [1.54, 1.807) is 0 Å². The maximum atomic E-state index is 5.66. The predicted molar refractivity (Wildman–Crippen MR) is 94.4 cm³/mol. The molecule has 2 saturated heterocycles. The first-order valence-electron chi connectivity index (χ1n) is 8.92. The first-order chi connectivity index (χ1) is 11.6. The molecule has 2 aliphatic rings. The Morgan fingerprint density at radius 2 is 2.17 bits per heavy atom. The summed E-state index contributed by atoms with van der Waals surface area (Å²) in [6.07, 6.45) is 5.72. The minimum Gasteiger partial charge on any atom is -0.381 e. The van der Waals surface area contributed by atoms with Gasteiger partial charge in [-0.1, -0.05) is 6.07 Å². The molecule has 0 unspecified atom stereocenters. The van der Waals surface area contributed by atoms with Crippen LogP contribution in [0.25, 0.3) is 0 Å². The van der Waals surface area contributed by atoms with Crippen LogP contribution in [0.2, 0.25) is 0 Å². The fourth-order valence-electron chi connectivity index (χ4n) is 4.08. The van der Waals surface area contributed by atoms with E-state index in [0.717, 1.165) is 44.4 Å². The summed E-state index contributed by atoms with van der Waals surface area (Å²) in [5.41, 5.74) is 3.81. The van der Waals surface area contributed by atoms with Gasteiger partial charge in [0.2, 0.25) is 0 Å². The van der Waals surface area contributed by atoms with Gasteiger partial charge in [0.05, 0.1) is 18.8 Å². The molecule has 2 aromatic heterocycles. The molecule has 4 heterocycles. The molecule has 0 aromatic carbocycles. The number of aromatic nitrogens is 3. The molecule has 2 fully saturated rings. The van der Waals surface area contributed by atoms with Crippen molar-refractivity contribution in [1.82, 2.24) is 14.8 Å². The van der Waals surface area contributed by atoms with E-state index < -0.39 is 0 Å². The van der Waals surface area contributed by atoms with E-state index in [9.17, 15) is 0 Å². The lowest BCUT2D eigenvalue weighted by Gasteiger charge is -2.40. The van der Waals surface area contributed by atoms with Crippen LogP contribution in [0.3, 0.4) is 0 Å². The number of rotatable bonds is 3. The number of pyridine rings is 1. The van der Waals surface area contributed by atoms with E-state index in [1.807, 2.05) is 17.8 Å². The zero-order chi connectivity index (χ0) is 16.6. The van der Waals surface area contributed by atoms with Gasteiger partial charge in [0.15, 0.2) is 0 Å². The van der Waals surface area contributed by atoms with E-state index in [-0.39, 0.29) is 0 Å². The third-order valence-corrected chi connectivity index (χ3v) is 5.42. The van der Waals surface area contributed by atoms with Crippen LogP contribution in [0.4, 0.5) is 5.82 Å². The normalized spacial score (nSPS) is 24.0. The first-order valence-corrected chi connectivity index (χ1v) is 8.92. The van der Waals surface area contributed by atoms with Gasteiger partial charge >= 0.3 is 0 Å². The highest BCUT2D eigenvalue weighted by atomic mass is 16.5. The molecule has 24 heavy (non-hydrogen) atoms. The minimum absolute atomic E-state index is 0.363. The third kappa shape index (κ3) is 3.05. The van der Waals surface area contributed by atoms with Gasteiger partial charge in [-0.05, 0) is 50.8 Å². The van der Waals surface area contributed by atoms with Crippen molar-refractivity contribution in [2.24, 2.45) is 5.41 Å². The molecule has 0 radical (unpaired) electrons. The fourth-order valence-corrected chi connectivity index (χ4v) is 4.08. The molecule has 2 aliphatic heterocycles. The van der Waals surface area contributed by atoms with Crippen LogP contribution in [0.15, 0.2) is 24.4 Å². The second-order valence-electron chi connectivity index (χ2n) is 7.44. The van der Waals surface area contributed by atoms with Gasteiger partial charge in [0.1, 0.15) is 5.82 Å². The Balaban J connectivity index is 1.46. The van der Waals surface area contributed by atoms with Gasteiger partial charge in [-0.15, -0.1) is 0 Å². The van der Waals surface area contributed by atoms with E-state index >= 15 is 0 Å². The van der Waals surface area contributed by atoms with Gasteiger partial charge in [0.25, 0.3) is 0 Å². The monoisotopic (exact) mass is 326 g/mol. The number of nitrogens with zero attached hydrogens (tertiary/aromatic N) is 4. The molecular formula is C19H26N4O. The zero-order valence-corrected chi connectivity index (χ0v) is 14.7. The molecule has 128 valence electrons. The number of ether oxygens (including phenoxy) is 1. The smallest absolute Gasteiger partial charge is 0.128 e. The number of piperidine rings is 1. The number of hydrogen-bond donors (Lipinski definition) is 0. The van der Waals surface area contributed by atoms with E-state index in [0.29, 0.717) is 5.41 Å². The number of anilines is 1. The van der Waals surface area contributed by atoms with Crippen molar-refractivity contribution in [1.29, 1.82) is 0 Å². The second kappa shape index (κ2) is 6.20. The highest BCUT2D eigenvalue weighted by Crippen LogP contribution is 2.38. The van der Waals surface area contributed by atoms with Gasteiger partial charge in [-0.2, -0.15) is 5.10 Å². The maximum absolute atomic E-state index is 5.66. The highest BCUT2D eigenvalue weighted by molar-refractivity contribution is 5.40. The average Bonchev–Trinajstić information content (AvgIpc) is 3.15. The highest BCUT2D eigenvalue weighted by Gasteiger charge is 2.39. The Kier molecular flexibility index (Phi) is 4.04. The molecule has 5 nitrogen and oxygen atoms in total. The second-order valence-corrected chi connectivity index (χ2v) is 7.44. The molecule has 0 amide bonds. The molecule has 4 rings (SSSR count). The summed E-state index contributed by atoms with van der Waals surface area (Å²) in [4.78, 5) is 7.17. The maximum Gasteiger partial charge on any atom is 0.128 e. The molecular weight excluding hydrogens is 300 g/mol. The molecule has 1 atom stereocenters. The van der Waals surface area contributed by atoms with Crippen molar-refractivity contribution in [3.8, 4) is 0 Å². The minimum atomic E-state index is 0.363. The Morgan fingerprint density at radius 1 is 1.25 bits per heavy atom. The van der Waals surface area contributed by atoms with Crippen molar-refractivity contribution in [2.75, 3.05) is 31.2 Å². The Morgan fingerprint density at radius 3 is 2.83 bits per heavy atom. The van der Waals surface area contributed by atoms with Crippen LogP contribution in [-0.4, -0.2) is 41.1 Å². The van der Waals surface area contributed by atoms with Gasteiger partial charge in [-0.3, -0.25) is 4.68 Å². The van der Waals surface area contributed by atoms with Crippen LogP contribution in [0.1, 0.15) is 36.2 Å². The van der Waals surface area contributed by atoms with Crippen molar-refractivity contribution in [2.45, 2.75) is 39.7 Å². The third-order valence-electron chi connectivity index (χ3n) is 5.42. The lowest BCUT2D eigenvalue weighted by molar-refractivity contribution is 0.139. The number of hydrogen-bond acceptors (Lipinski definition) is 4. The fraction of sp³-hybridized carbons (Fsp3) is 0.579. The van der Waals surface area contributed by atoms with Crippen molar-refractivity contribution < 1.29 is 4.74 Å². The van der Waals surface area contributed by atoms with Crippen molar-refractivity contribution in [3.63, 3.8) is 0 Å². The summed E-state index contributed by atoms with van der Waals surface area (Å²) in [5, 5.41) is 4.53. The quantitative estimate of drug-likeness (QED) is 0.870. The molecule has 0 N–H and O–H groups in total. The average molecular weight is 326 g/mol. The molecule has 0 saturated carbocycles. The number of aryl methyl sites for hydroxylation is 2. The first kappa shape index (κ1) is 15.6. The van der Waals surface area contributed by atoms with E-state index in [4.69, 9.17) is 9.72 Å². The largest absolute Gasteiger partial charge is 0.381 e. The standard InChI is InChI=1S/C19H26N4O/c1-15-10-16(2)23(21-15)12-17-4-5-18(20-11-17)22-8-3-6-19(13-22)7-9-24-14-19/h4-5,10-11H,3,6-9,12-14H2,1-2H3/t19-/m1/s1. The molecule has 0 bridgehead atoms. The van der Waals surface area contributed by atoms with Gasteiger partial charge in [0, 0.05) is 37.0 Å². The lowest BCUT2D eigenvalue weighted by atomic mass is 9.79. The van der Waals surface area contributed by atoms with E-state index in [1.165, 1.54) is 30.5 Å². The summed E-state index contributed by atoms with van der Waals surface area (Å²) in [5.74, 6) is 1.10. The van der Waals surface area contributed by atoms with Crippen LogP contribution < -0.4 is 4.90 Å². The van der Waals surface area contributed by atoms with Gasteiger partial charge in [-0.25, -0.2) is 4.98 Å². The summed E-state index contributed by atoms with van der Waals surface area (Å²) in [6, 6.07) is 6.46. The molecule has 1 spiro atoms. The van der Waals surface area contributed by atoms with Crippen molar-refractivity contribution >= 4 is 5.82 Å². The predicted octanol–water partition coefficient (Wildman–Crippen LogP) is 2.95. The SMILES string of the molecule is Cc1cc(C)n(Cc2ccc(N3CCC[C@@]4(CCOC4)C3)nc2)n1. The van der Waals surface area contributed by atoms with Gasteiger partial charge < -0.3 is 9.64 Å². The Bertz CT molecular complexity index is 701. The lowest BCUT2D eigenvalue weighted by Crippen LogP contribution is -2.44. The Hall–Kier alpha value is -1.88. The summed E-state index contributed by atoms with van der Waals surface area (Å²) >= 11 is 0. The topological polar surface area (TPSA) is 43.2 Å². The van der Waals surface area contributed by atoms with E-state index in [2.05, 4.69) is 35.1 Å². The molecule has 2 aromatic rings. The van der Waals surface area contributed by atoms with Crippen LogP contribution in [0.5, 0.6) is 0 Å². The van der Waals surface area contributed by atoms with Crippen LogP contribution >= 0.6 is 0 Å². The van der Waals surface area contributed by atoms with Crippen LogP contribution in [0, 0.1) is 19.3 Å². The Labute approximate surface area is 143 Å². The zero-order valence-electron chi connectivity index (χ0n) is 14.7. The molecule has 0 aliphatic carbocycles. The van der Waals surface area contributed by atoms with Crippen LogP contribution in [-0.2, 0) is 11.3 Å². The molecule has 5 heteroatoms. The van der Waals surface area contributed by atoms with Crippen molar-refractivity contribution in [3.05, 3.63) is 41.3 Å². The summed E-state index contributed by atoms with van der Waals surface area (Å²) in [6.45, 7) is 8.93. The summed E-state index contributed by atoms with van der Waals surface area (Å²) < 4.78 is 7.70.